The molecular formula is C19H26O5. The number of aromatic hydroxyl groups is 1. The van der Waals surface area contributed by atoms with Crippen LogP contribution in [0.5, 0.6) is 11.5 Å². The van der Waals surface area contributed by atoms with Crippen LogP contribution in [0.1, 0.15) is 44.7 Å². The zero-order valence-corrected chi connectivity index (χ0v) is 14.6. The van der Waals surface area contributed by atoms with E-state index in [0.29, 0.717) is 49.5 Å². The summed E-state index contributed by atoms with van der Waals surface area (Å²) in [6.07, 6.45) is 2.00. The first-order chi connectivity index (χ1) is 11.4. The highest BCUT2D eigenvalue weighted by Crippen LogP contribution is 2.31. The van der Waals surface area contributed by atoms with E-state index in [1.807, 2.05) is 13.0 Å². The van der Waals surface area contributed by atoms with E-state index in [0.717, 1.165) is 11.1 Å². The van der Waals surface area contributed by atoms with Crippen molar-refractivity contribution < 1.29 is 24.5 Å². The van der Waals surface area contributed by atoms with Gasteiger partial charge in [0, 0.05) is 12.5 Å². The largest absolute Gasteiger partial charge is 0.512 e. The van der Waals surface area contributed by atoms with Crippen molar-refractivity contribution in [3.8, 4) is 11.5 Å². The monoisotopic (exact) mass is 334 g/mol. The van der Waals surface area contributed by atoms with Gasteiger partial charge in [0.25, 0.3) is 0 Å². The van der Waals surface area contributed by atoms with Crippen LogP contribution in [-0.2, 0) is 22.4 Å². The topological polar surface area (TPSA) is 76.0 Å². The van der Waals surface area contributed by atoms with Crippen LogP contribution >= 0.6 is 0 Å². The zero-order valence-electron chi connectivity index (χ0n) is 14.6. The summed E-state index contributed by atoms with van der Waals surface area (Å²) in [5, 5.41) is 20.0. The molecule has 5 heteroatoms. The number of esters is 1. The van der Waals surface area contributed by atoms with Gasteiger partial charge >= 0.3 is 5.97 Å². The molecule has 0 saturated carbocycles. The summed E-state index contributed by atoms with van der Waals surface area (Å²) in [5.41, 5.74) is 2.09. The van der Waals surface area contributed by atoms with Gasteiger partial charge in [-0.05, 0) is 42.4 Å². The number of aliphatic hydroxyl groups is 1. The van der Waals surface area contributed by atoms with Crippen LogP contribution in [0.25, 0.3) is 0 Å². The van der Waals surface area contributed by atoms with Crippen LogP contribution in [0.4, 0.5) is 0 Å². The zero-order chi connectivity index (χ0) is 17.7. The Morgan fingerprint density at radius 1 is 1.21 bits per heavy atom. The summed E-state index contributed by atoms with van der Waals surface area (Å²) >= 11 is 0. The van der Waals surface area contributed by atoms with Crippen molar-refractivity contribution in [2.75, 3.05) is 13.2 Å². The number of rotatable bonds is 7. The minimum atomic E-state index is -0.446. The molecule has 2 N–H and O–H groups in total. The maximum Gasteiger partial charge on any atom is 0.337 e. The lowest BCUT2D eigenvalue weighted by Gasteiger charge is -2.18. The number of benzene rings is 1. The van der Waals surface area contributed by atoms with E-state index in [1.165, 1.54) is 0 Å². The standard InChI is InChI=1S/C19H26O5/c1-4-13-9-14(18(10-17(13)21)24-11-12(2)3)5-6-15-16(20)7-8-23-19(15)22/h9-10,12,20-21H,4-8,11H2,1-3H3. The average Bonchev–Trinajstić information content (AvgIpc) is 2.53. The predicted octanol–water partition coefficient (Wildman–Crippen LogP) is 3.68. The third-order valence-electron chi connectivity index (χ3n) is 4.03. The number of aryl methyl sites for hydroxylation is 2. The highest BCUT2D eigenvalue weighted by Gasteiger charge is 2.22. The van der Waals surface area contributed by atoms with Gasteiger partial charge in [0.1, 0.15) is 17.3 Å². The Hall–Kier alpha value is -2.17. The molecule has 24 heavy (non-hydrogen) atoms. The molecule has 0 saturated heterocycles. The Kier molecular flexibility index (Phi) is 6.12. The lowest BCUT2D eigenvalue weighted by Crippen LogP contribution is -2.18. The lowest BCUT2D eigenvalue weighted by atomic mass is 9.98. The second kappa shape index (κ2) is 8.08. The van der Waals surface area contributed by atoms with Gasteiger partial charge in [-0.15, -0.1) is 0 Å². The highest BCUT2D eigenvalue weighted by molar-refractivity contribution is 5.89. The molecule has 1 aliphatic rings. The van der Waals surface area contributed by atoms with E-state index in [9.17, 15) is 15.0 Å². The van der Waals surface area contributed by atoms with Crippen molar-refractivity contribution in [3.05, 3.63) is 34.6 Å². The Balaban J connectivity index is 2.21. The molecule has 1 aromatic rings. The molecule has 0 aromatic heterocycles. The van der Waals surface area contributed by atoms with E-state index in [2.05, 4.69) is 13.8 Å². The normalized spacial score (nSPS) is 14.9. The Morgan fingerprint density at radius 2 is 1.96 bits per heavy atom. The first-order valence-electron chi connectivity index (χ1n) is 8.48. The van der Waals surface area contributed by atoms with Crippen LogP contribution in [0.15, 0.2) is 23.5 Å². The quantitative estimate of drug-likeness (QED) is 0.744. The molecule has 0 amide bonds. The van der Waals surface area contributed by atoms with Crippen LogP contribution in [0, 0.1) is 5.92 Å². The third kappa shape index (κ3) is 4.43. The first kappa shape index (κ1) is 18.2. The van der Waals surface area contributed by atoms with Gasteiger partial charge in [0.2, 0.25) is 0 Å². The number of carbonyl (C=O) groups is 1. The van der Waals surface area contributed by atoms with Crippen LogP contribution in [-0.4, -0.2) is 29.4 Å². The summed E-state index contributed by atoms with van der Waals surface area (Å²) in [6, 6.07) is 3.56. The maximum absolute atomic E-state index is 11.8. The summed E-state index contributed by atoms with van der Waals surface area (Å²) in [6.45, 7) is 6.87. The number of hydrogen-bond donors (Lipinski definition) is 2. The fraction of sp³-hybridized carbons (Fsp3) is 0.526. The van der Waals surface area contributed by atoms with Crippen molar-refractivity contribution >= 4 is 5.97 Å². The van der Waals surface area contributed by atoms with Crippen molar-refractivity contribution in [3.63, 3.8) is 0 Å². The van der Waals surface area contributed by atoms with Crippen LogP contribution in [0.3, 0.4) is 0 Å². The minimum absolute atomic E-state index is 0.116. The second-order valence-electron chi connectivity index (χ2n) is 6.46. The van der Waals surface area contributed by atoms with Gasteiger partial charge in [0.05, 0.1) is 18.8 Å². The number of phenolic OH excluding ortho intramolecular Hbond substituents is 1. The van der Waals surface area contributed by atoms with Gasteiger partial charge in [-0.3, -0.25) is 0 Å². The summed E-state index contributed by atoms with van der Waals surface area (Å²) in [4.78, 5) is 11.8. The van der Waals surface area contributed by atoms with E-state index in [-0.39, 0.29) is 18.1 Å². The molecule has 0 atom stereocenters. The van der Waals surface area contributed by atoms with E-state index in [4.69, 9.17) is 9.47 Å². The number of cyclic esters (lactones) is 1. The molecule has 1 aromatic carbocycles. The number of phenols is 1. The first-order valence-corrected chi connectivity index (χ1v) is 8.48. The molecule has 0 aliphatic carbocycles. The van der Waals surface area contributed by atoms with Crippen molar-refractivity contribution in [2.45, 2.75) is 46.5 Å². The molecule has 0 radical (unpaired) electrons. The fourth-order valence-corrected chi connectivity index (χ4v) is 2.64. The van der Waals surface area contributed by atoms with Gasteiger partial charge in [0.15, 0.2) is 0 Å². The fourth-order valence-electron chi connectivity index (χ4n) is 2.64. The Bertz CT molecular complexity index is 631. The molecular weight excluding hydrogens is 308 g/mol. The van der Waals surface area contributed by atoms with E-state index in [1.54, 1.807) is 6.07 Å². The highest BCUT2D eigenvalue weighted by atomic mass is 16.5. The number of aliphatic hydroxyl groups excluding tert-OH is 1. The second-order valence-corrected chi connectivity index (χ2v) is 6.46. The molecule has 132 valence electrons. The van der Waals surface area contributed by atoms with Gasteiger partial charge in [-0.25, -0.2) is 4.79 Å². The summed E-state index contributed by atoms with van der Waals surface area (Å²) in [7, 11) is 0. The predicted molar refractivity (Wildman–Crippen MR) is 91.4 cm³/mol. The Morgan fingerprint density at radius 3 is 2.58 bits per heavy atom. The molecule has 1 heterocycles. The van der Waals surface area contributed by atoms with Gasteiger partial charge in [-0.2, -0.15) is 0 Å². The molecule has 0 spiro atoms. The molecule has 2 rings (SSSR count). The summed E-state index contributed by atoms with van der Waals surface area (Å²) in [5.74, 6) is 0.885. The molecule has 1 aliphatic heterocycles. The third-order valence-corrected chi connectivity index (χ3v) is 4.03. The molecule has 0 unspecified atom stereocenters. The Labute approximate surface area is 142 Å². The molecule has 0 bridgehead atoms. The van der Waals surface area contributed by atoms with Crippen molar-refractivity contribution in [2.24, 2.45) is 5.92 Å². The summed E-state index contributed by atoms with van der Waals surface area (Å²) < 4.78 is 10.8. The smallest absolute Gasteiger partial charge is 0.337 e. The maximum atomic E-state index is 11.8. The molecule has 0 fully saturated rings. The van der Waals surface area contributed by atoms with Crippen molar-refractivity contribution in [1.29, 1.82) is 0 Å². The number of hydrogen-bond acceptors (Lipinski definition) is 5. The number of carbonyl (C=O) groups excluding carboxylic acids is 1. The lowest BCUT2D eigenvalue weighted by molar-refractivity contribution is -0.140. The molecule has 5 nitrogen and oxygen atoms in total. The number of ether oxygens (including phenoxy) is 2. The van der Waals surface area contributed by atoms with Crippen LogP contribution in [0.2, 0.25) is 0 Å². The average molecular weight is 334 g/mol. The minimum Gasteiger partial charge on any atom is -0.512 e. The van der Waals surface area contributed by atoms with Crippen molar-refractivity contribution in [1.82, 2.24) is 0 Å². The van der Waals surface area contributed by atoms with E-state index < -0.39 is 5.97 Å². The van der Waals surface area contributed by atoms with Crippen LogP contribution < -0.4 is 4.74 Å². The van der Waals surface area contributed by atoms with Gasteiger partial charge in [-0.1, -0.05) is 20.8 Å². The van der Waals surface area contributed by atoms with Gasteiger partial charge < -0.3 is 19.7 Å². The SMILES string of the molecule is CCc1cc(CCC2=C(O)CCOC2=O)c(OCC(C)C)cc1O. The van der Waals surface area contributed by atoms with E-state index >= 15 is 0 Å².